The van der Waals surface area contributed by atoms with E-state index < -0.39 is 66.2 Å². The van der Waals surface area contributed by atoms with Crippen molar-refractivity contribution in [1.29, 1.82) is 0 Å². The van der Waals surface area contributed by atoms with Crippen LogP contribution in [0.15, 0.2) is 0 Å². The fraction of sp³-hybridized carbons (Fsp3) is 0.933. The maximum atomic E-state index is 14.3. The van der Waals surface area contributed by atoms with Gasteiger partial charge in [0.25, 0.3) is 0 Å². The first-order valence-electron chi connectivity index (χ1n) is 8.51. The molecule has 0 aromatic carbocycles. The molecule has 0 radical (unpaired) electrons. The van der Waals surface area contributed by atoms with E-state index in [1.165, 1.54) is 6.92 Å². The standard InChI is InChI=1S/C15H14F16O2/c1-2-3-4-5-6-8(16,17)10(19,20)11(21,22)9(18,7(32)33)12(23,24)13(25,26)14(27,28)15(29,30)31/h2-6H2,1H3,(H,32,33). The molecule has 1 N–H and O–H groups in total. The van der Waals surface area contributed by atoms with E-state index in [9.17, 15) is 75.0 Å². The highest BCUT2D eigenvalue weighted by Gasteiger charge is 2.96. The third-order valence-electron chi connectivity index (χ3n) is 4.50. The number of carboxylic acids is 1. The molecule has 0 bridgehead atoms. The molecule has 0 heterocycles. The van der Waals surface area contributed by atoms with E-state index in [0.717, 1.165) is 0 Å². The summed E-state index contributed by atoms with van der Waals surface area (Å²) in [5.41, 5.74) is -8.07. The van der Waals surface area contributed by atoms with E-state index in [-0.39, 0.29) is 19.3 Å². The third-order valence-corrected chi connectivity index (χ3v) is 4.50. The lowest BCUT2D eigenvalue weighted by Gasteiger charge is -2.44. The van der Waals surface area contributed by atoms with Crippen LogP contribution in [0.25, 0.3) is 0 Å². The number of carboxylic acid groups (broad SMARTS) is 1. The number of hydrogen-bond donors (Lipinski definition) is 1. The molecular formula is C15H14F16O2. The molecule has 198 valence electrons. The van der Waals surface area contributed by atoms with E-state index in [2.05, 4.69) is 0 Å². The molecule has 0 saturated heterocycles. The smallest absolute Gasteiger partial charge is 0.460 e. The molecule has 0 aliphatic carbocycles. The van der Waals surface area contributed by atoms with Crippen molar-refractivity contribution in [2.24, 2.45) is 0 Å². The average Bonchev–Trinajstić information content (AvgIpc) is 2.62. The Hall–Kier alpha value is -1.65. The maximum absolute atomic E-state index is 14.3. The lowest BCUT2D eigenvalue weighted by Crippen LogP contribution is -2.78. The van der Waals surface area contributed by atoms with Crippen LogP contribution in [-0.2, 0) is 4.79 Å². The van der Waals surface area contributed by atoms with Crippen LogP contribution in [0.5, 0.6) is 0 Å². The lowest BCUT2D eigenvalue weighted by atomic mass is 9.79. The molecule has 0 saturated carbocycles. The summed E-state index contributed by atoms with van der Waals surface area (Å²) in [6.45, 7) is 1.45. The van der Waals surface area contributed by atoms with Gasteiger partial charge in [0.1, 0.15) is 0 Å². The Bertz CT molecular complexity index is 699. The number of carbonyl (C=O) groups is 1. The first kappa shape index (κ1) is 31.4. The number of unbranched alkanes of at least 4 members (excludes halogenated alkanes) is 3. The lowest BCUT2D eigenvalue weighted by molar-refractivity contribution is -0.435. The van der Waals surface area contributed by atoms with Crippen molar-refractivity contribution in [3.05, 3.63) is 0 Å². The Morgan fingerprint density at radius 3 is 1.30 bits per heavy atom. The zero-order chi connectivity index (χ0) is 27.1. The normalized spacial score (nSPS) is 17.1. The summed E-state index contributed by atoms with van der Waals surface area (Å²) in [5.74, 6) is -52.0. The molecule has 0 aliphatic heterocycles. The van der Waals surface area contributed by atoms with Gasteiger partial charge < -0.3 is 5.11 Å². The Balaban J connectivity index is 6.84. The summed E-state index contributed by atoms with van der Waals surface area (Å²) in [5, 5.41) is 8.24. The molecule has 1 atom stereocenters. The molecule has 0 fully saturated rings. The summed E-state index contributed by atoms with van der Waals surface area (Å²) >= 11 is 0. The van der Waals surface area contributed by atoms with Crippen molar-refractivity contribution >= 4 is 5.97 Å². The highest BCUT2D eigenvalue weighted by Crippen LogP contribution is 2.63. The van der Waals surface area contributed by atoms with E-state index in [4.69, 9.17) is 5.11 Å². The molecule has 0 aromatic rings. The van der Waals surface area contributed by atoms with Crippen molar-refractivity contribution in [3.8, 4) is 0 Å². The molecular weight excluding hydrogens is 516 g/mol. The van der Waals surface area contributed by atoms with Crippen LogP contribution in [-0.4, -0.2) is 58.5 Å². The van der Waals surface area contributed by atoms with E-state index >= 15 is 0 Å². The molecule has 0 spiro atoms. The van der Waals surface area contributed by atoms with Crippen molar-refractivity contribution in [2.75, 3.05) is 0 Å². The second-order valence-electron chi connectivity index (χ2n) is 6.85. The second-order valence-corrected chi connectivity index (χ2v) is 6.85. The summed E-state index contributed by atoms with van der Waals surface area (Å²) in [6, 6.07) is 0. The number of aliphatic carboxylic acids is 1. The second kappa shape index (κ2) is 8.85. The summed E-state index contributed by atoms with van der Waals surface area (Å²) in [4.78, 5) is 10.6. The highest BCUT2D eigenvalue weighted by atomic mass is 19.4. The molecule has 0 rings (SSSR count). The van der Waals surface area contributed by atoms with Crippen LogP contribution < -0.4 is 0 Å². The first-order valence-corrected chi connectivity index (χ1v) is 8.51. The van der Waals surface area contributed by atoms with Gasteiger partial charge in [0, 0.05) is 6.42 Å². The molecule has 0 aromatic heterocycles. The van der Waals surface area contributed by atoms with Gasteiger partial charge in [0.05, 0.1) is 0 Å². The van der Waals surface area contributed by atoms with Crippen molar-refractivity contribution in [3.63, 3.8) is 0 Å². The van der Waals surface area contributed by atoms with Crippen LogP contribution in [0.4, 0.5) is 70.2 Å². The maximum Gasteiger partial charge on any atom is 0.460 e. The van der Waals surface area contributed by atoms with Crippen LogP contribution >= 0.6 is 0 Å². The van der Waals surface area contributed by atoms with Crippen molar-refractivity contribution in [2.45, 2.75) is 86.4 Å². The zero-order valence-electron chi connectivity index (χ0n) is 15.9. The van der Waals surface area contributed by atoms with Crippen LogP contribution in [0, 0.1) is 0 Å². The van der Waals surface area contributed by atoms with Crippen LogP contribution in [0.1, 0.15) is 39.0 Å². The SMILES string of the molecule is CCCCCCC(F)(F)C(F)(F)C(F)(F)C(F)(C(=O)O)C(F)(F)C(F)(F)C(F)(F)C(F)(F)F. The number of halogens is 16. The zero-order valence-corrected chi connectivity index (χ0v) is 15.9. The Morgan fingerprint density at radius 1 is 0.576 bits per heavy atom. The van der Waals surface area contributed by atoms with Gasteiger partial charge in [-0.05, 0) is 6.42 Å². The summed E-state index contributed by atoms with van der Waals surface area (Å²) in [6.07, 6.45) is -11.3. The molecule has 1 unspecified atom stereocenters. The van der Waals surface area contributed by atoms with Gasteiger partial charge in [-0.15, -0.1) is 0 Å². The fourth-order valence-corrected chi connectivity index (χ4v) is 2.43. The predicted octanol–water partition coefficient (Wildman–Crippen LogP) is 7.12. The van der Waals surface area contributed by atoms with E-state index in [1.807, 2.05) is 0 Å². The van der Waals surface area contributed by atoms with Gasteiger partial charge >= 0.3 is 53.3 Å². The monoisotopic (exact) mass is 530 g/mol. The van der Waals surface area contributed by atoms with Gasteiger partial charge in [-0.3, -0.25) is 0 Å². The summed E-state index contributed by atoms with van der Waals surface area (Å²) in [7, 11) is 0. The third kappa shape index (κ3) is 4.41. The minimum atomic E-state index is -8.52. The Kier molecular flexibility index (Phi) is 8.41. The number of hydrogen-bond acceptors (Lipinski definition) is 1. The van der Waals surface area contributed by atoms with Gasteiger partial charge in [-0.1, -0.05) is 26.2 Å². The Labute approximate surface area is 173 Å². The van der Waals surface area contributed by atoms with Crippen LogP contribution in [0.2, 0.25) is 0 Å². The van der Waals surface area contributed by atoms with Crippen LogP contribution in [0.3, 0.4) is 0 Å². The first-order chi connectivity index (χ1) is 14.3. The molecule has 0 aliphatic rings. The number of alkyl halides is 16. The average molecular weight is 530 g/mol. The fourth-order valence-electron chi connectivity index (χ4n) is 2.43. The predicted molar refractivity (Wildman–Crippen MR) is 76.0 cm³/mol. The molecule has 18 heteroatoms. The highest BCUT2D eigenvalue weighted by molar-refractivity contribution is 5.81. The molecule has 33 heavy (non-hydrogen) atoms. The minimum absolute atomic E-state index is 0.0248. The van der Waals surface area contributed by atoms with Gasteiger partial charge in [0.2, 0.25) is 0 Å². The largest absolute Gasteiger partial charge is 0.479 e. The van der Waals surface area contributed by atoms with E-state index in [1.54, 1.807) is 0 Å². The number of rotatable bonds is 12. The molecule has 2 nitrogen and oxygen atoms in total. The topological polar surface area (TPSA) is 37.3 Å². The van der Waals surface area contributed by atoms with Crippen molar-refractivity contribution < 1.29 is 80.1 Å². The van der Waals surface area contributed by atoms with Gasteiger partial charge in [-0.25, -0.2) is 9.18 Å². The van der Waals surface area contributed by atoms with Gasteiger partial charge in [0.15, 0.2) is 0 Å². The summed E-state index contributed by atoms with van der Waals surface area (Å²) < 4.78 is 213. The quantitative estimate of drug-likeness (QED) is 0.216. The minimum Gasteiger partial charge on any atom is -0.479 e. The Morgan fingerprint density at radius 2 is 0.970 bits per heavy atom. The van der Waals surface area contributed by atoms with E-state index in [0.29, 0.717) is 0 Å². The van der Waals surface area contributed by atoms with Crippen molar-refractivity contribution in [1.82, 2.24) is 0 Å². The van der Waals surface area contributed by atoms with Gasteiger partial charge in [-0.2, -0.15) is 65.9 Å². The molecule has 0 amide bonds.